The highest BCUT2D eigenvalue weighted by Gasteiger charge is 2.36. The van der Waals surface area contributed by atoms with Crippen LogP contribution < -0.4 is 0 Å². The highest BCUT2D eigenvalue weighted by atomic mass is 16.4. The molecule has 0 aliphatic carbocycles. The molecule has 6 nitrogen and oxygen atoms in total. The van der Waals surface area contributed by atoms with Gasteiger partial charge in [-0.15, -0.1) is 0 Å². The molecule has 6 heteroatoms. The molecule has 2 atom stereocenters. The van der Waals surface area contributed by atoms with Crippen LogP contribution in [0.5, 0.6) is 0 Å². The molecule has 0 saturated carbocycles. The zero-order valence-corrected chi connectivity index (χ0v) is 16.6. The zero-order valence-electron chi connectivity index (χ0n) is 16.6. The number of nitrogens with zero attached hydrogens (tertiary/aromatic N) is 3. The molecular weight excluding hydrogens is 342 g/mol. The van der Waals surface area contributed by atoms with Gasteiger partial charge < -0.3 is 14.6 Å². The molecule has 1 aliphatic rings. The first-order valence-corrected chi connectivity index (χ1v) is 9.58. The number of carbonyl (C=O) groups is 2. The first-order valence-electron chi connectivity index (χ1n) is 9.58. The van der Waals surface area contributed by atoms with Crippen molar-refractivity contribution in [2.24, 2.45) is 24.3 Å². The fourth-order valence-corrected chi connectivity index (χ4v) is 4.08. The van der Waals surface area contributed by atoms with E-state index in [9.17, 15) is 14.7 Å². The predicted octanol–water partition coefficient (Wildman–Crippen LogP) is 3.10. The molecule has 3 rings (SSSR count). The van der Waals surface area contributed by atoms with Gasteiger partial charge in [0.25, 0.3) is 0 Å². The van der Waals surface area contributed by atoms with Crippen molar-refractivity contribution in [3.63, 3.8) is 0 Å². The van der Waals surface area contributed by atoms with Crippen LogP contribution in [0, 0.1) is 17.3 Å². The number of aryl methyl sites for hydroxylation is 1. The Morgan fingerprint density at radius 2 is 1.93 bits per heavy atom. The summed E-state index contributed by atoms with van der Waals surface area (Å²) in [6.45, 7) is 7.02. The van der Waals surface area contributed by atoms with Gasteiger partial charge in [-0.05, 0) is 30.4 Å². The first kappa shape index (κ1) is 19.4. The smallest absolute Gasteiger partial charge is 0.303 e. The number of likely N-dealkylation sites (tertiary alicyclic amines) is 1. The number of carbonyl (C=O) groups excluding carboxylic acids is 1. The highest BCUT2D eigenvalue weighted by molar-refractivity contribution is 5.81. The number of carboxylic acid groups (broad SMARTS) is 1. The number of piperidine rings is 1. The van der Waals surface area contributed by atoms with Gasteiger partial charge in [0.15, 0.2) is 0 Å². The number of carboxylic acids is 1. The lowest BCUT2D eigenvalue weighted by molar-refractivity contribution is -0.143. The Morgan fingerprint density at radius 1 is 1.22 bits per heavy atom. The second-order valence-electron chi connectivity index (χ2n) is 8.69. The molecule has 1 N–H and O–H groups in total. The summed E-state index contributed by atoms with van der Waals surface area (Å²) in [6, 6.07) is 7.99. The van der Waals surface area contributed by atoms with Crippen LogP contribution in [-0.4, -0.2) is 44.5 Å². The minimum Gasteiger partial charge on any atom is -0.481 e. The van der Waals surface area contributed by atoms with Crippen LogP contribution in [0.15, 0.2) is 24.3 Å². The zero-order chi connectivity index (χ0) is 19.8. The van der Waals surface area contributed by atoms with E-state index in [1.807, 2.05) is 57.0 Å². The van der Waals surface area contributed by atoms with E-state index in [1.165, 1.54) is 0 Å². The van der Waals surface area contributed by atoms with Crippen molar-refractivity contribution in [1.82, 2.24) is 14.5 Å². The van der Waals surface area contributed by atoms with Crippen molar-refractivity contribution in [2.45, 2.75) is 40.0 Å². The van der Waals surface area contributed by atoms with Crippen LogP contribution >= 0.6 is 0 Å². The van der Waals surface area contributed by atoms with E-state index >= 15 is 0 Å². The summed E-state index contributed by atoms with van der Waals surface area (Å²) in [5.41, 5.74) is 1.59. The molecule has 1 aliphatic heterocycles. The summed E-state index contributed by atoms with van der Waals surface area (Å²) in [5, 5.41) is 9.32. The summed E-state index contributed by atoms with van der Waals surface area (Å²) in [7, 11) is 2.00. The summed E-state index contributed by atoms with van der Waals surface area (Å²) in [4.78, 5) is 30.7. The predicted molar refractivity (Wildman–Crippen MR) is 104 cm³/mol. The molecule has 1 fully saturated rings. The molecule has 2 heterocycles. The number of hydrogen-bond acceptors (Lipinski definition) is 3. The molecule has 2 aromatic rings. The van der Waals surface area contributed by atoms with Crippen molar-refractivity contribution in [1.29, 1.82) is 0 Å². The van der Waals surface area contributed by atoms with Gasteiger partial charge in [0, 0.05) is 38.4 Å². The number of benzene rings is 1. The van der Waals surface area contributed by atoms with E-state index in [1.54, 1.807) is 0 Å². The second-order valence-corrected chi connectivity index (χ2v) is 8.69. The molecule has 146 valence electrons. The molecule has 0 spiro atoms. The lowest BCUT2D eigenvalue weighted by Crippen LogP contribution is -2.48. The van der Waals surface area contributed by atoms with Crippen LogP contribution in [0.3, 0.4) is 0 Å². The van der Waals surface area contributed by atoms with Gasteiger partial charge >= 0.3 is 5.97 Å². The van der Waals surface area contributed by atoms with Gasteiger partial charge in [-0.1, -0.05) is 32.9 Å². The van der Waals surface area contributed by atoms with E-state index in [0.29, 0.717) is 19.5 Å². The third-order valence-corrected chi connectivity index (χ3v) is 5.58. The quantitative estimate of drug-likeness (QED) is 0.896. The average Bonchev–Trinajstić information content (AvgIpc) is 2.91. The summed E-state index contributed by atoms with van der Waals surface area (Å²) in [5.74, 6) is 0.460. The van der Waals surface area contributed by atoms with Crippen molar-refractivity contribution < 1.29 is 14.7 Å². The normalized spacial score (nSPS) is 20.8. The van der Waals surface area contributed by atoms with Crippen molar-refractivity contribution in [3.8, 4) is 0 Å². The van der Waals surface area contributed by atoms with Crippen LogP contribution in [-0.2, 0) is 23.1 Å². The minimum atomic E-state index is -0.773. The SMILES string of the molecule is Cn1c(C[C@H]2CN(C(=O)C(C)(C)C)CC[C@H]2CC(=O)O)nc2ccccc21. The fourth-order valence-electron chi connectivity index (χ4n) is 4.08. The third-order valence-electron chi connectivity index (χ3n) is 5.58. The first-order chi connectivity index (χ1) is 12.7. The van der Waals surface area contributed by atoms with E-state index in [0.717, 1.165) is 23.3 Å². The van der Waals surface area contributed by atoms with E-state index in [2.05, 4.69) is 4.57 Å². The maximum absolute atomic E-state index is 12.7. The Bertz CT molecular complexity index is 850. The maximum Gasteiger partial charge on any atom is 0.303 e. The van der Waals surface area contributed by atoms with Crippen LogP contribution in [0.2, 0.25) is 0 Å². The van der Waals surface area contributed by atoms with Crippen molar-refractivity contribution in [2.75, 3.05) is 13.1 Å². The monoisotopic (exact) mass is 371 g/mol. The number of imidazole rings is 1. The lowest BCUT2D eigenvalue weighted by Gasteiger charge is -2.40. The second kappa shape index (κ2) is 7.33. The highest BCUT2D eigenvalue weighted by Crippen LogP contribution is 2.32. The van der Waals surface area contributed by atoms with E-state index in [-0.39, 0.29) is 24.2 Å². The number of aromatic nitrogens is 2. The molecule has 1 saturated heterocycles. The molecule has 1 aromatic carbocycles. The molecule has 0 bridgehead atoms. The van der Waals surface area contributed by atoms with E-state index < -0.39 is 11.4 Å². The fraction of sp³-hybridized carbons (Fsp3) is 0.571. The number of fused-ring (bicyclic) bond motifs is 1. The standard InChI is InChI=1S/C21H29N3O3/c1-21(2,3)20(27)24-10-9-14(12-19(25)26)15(13-24)11-18-22-16-7-5-6-8-17(16)23(18)4/h5-8,14-15H,9-13H2,1-4H3,(H,25,26)/t14-,15-/m0/s1. The minimum absolute atomic E-state index is 0.0614. The largest absolute Gasteiger partial charge is 0.481 e. The molecule has 0 unspecified atom stereocenters. The number of hydrogen-bond donors (Lipinski definition) is 1. The molecule has 27 heavy (non-hydrogen) atoms. The summed E-state index contributed by atoms with van der Waals surface area (Å²) < 4.78 is 2.08. The number of rotatable bonds is 4. The Morgan fingerprint density at radius 3 is 2.56 bits per heavy atom. The number of amides is 1. The maximum atomic E-state index is 12.7. The van der Waals surface area contributed by atoms with Gasteiger partial charge in [0.1, 0.15) is 5.82 Å². The van der Waals surface area contributed by atoms with E-state index in [4.69, 9.17) is 4.98 Å². The van der Waals surface area contributed by atoms with Gasteiger partial charge in [0.2, 0.25) is 5.91 Å². The Labute approximate surface area is 160 Å². The van der Waals surface area contributed by atoms with Gasteiger partial charge in [-0.25, -0.2) is 4.98 Å². The Kier molecular flexibility index (Phi) is 5.27. The topological polar surface area (TPSA) is 75.4 Å². The van der Waals surface area contributed by atoms with Gasteiger partial charge in [-0.2, -0.15) is 0 Å². The lowest BCUT2D eigenvalue weighted by atomic mass is 9.80. The Hall–Kier alpha value is -2.37. The molecular formula is C21H29N3O3. The van der Waals surface area contributed by atoms with Gasteiger partial charge in [-0.3, -0.25) is 9.59 Å². The molecule has 1 aromatic heterocycles. The average molecular weight is 371 g/mol. The molecule has 0 radical (unpaired) electrons. The summed E-state index contributed by atoms with van der Waals surface area (Å²) in [6.07, 6.45) is 1.55. The van der Waals surface area contributed by atoms with Crippen molar-refractivity contribution >= 4 is 22.9 Å². The van der Waals surface area contributed by atoms with Crippen LogP contribution in [0.4, 0.5) is 0 Å². The number of para-hydroxylation sites is 2. The third kappa shape index (κ3) is 4.15. The van der Waals surface area contributed by atoms with Gasteiger partial charge in [0.05, 0.1) is 11.0 Å². The molecule has 1 amide bonds. The van der Waals surface area contributed by atoms with Crippen LogP contribution in [0.1, 0.15) is 39.4 Å². The van der Waals surface area contributed by atoms with Crippen molar-refractivity contribution in [3.05, 3.63) is 30.1 Å². The number of aliphatic carboxylic acids is 1. The van der Waals surface area contributed by atoms with Crippen LogP contribution in [0.25, 0.3) is 11.0 Å². The summed E-state index contributed by atoms with van der Waals surface area (Å²) >= 11 is 0. The Balaban J connectivity index is 1.85.